The predicted octanol–water partition coefficient (Wildman–Crippen LogP) is 1.13. The first kappa shape index (κ1) is 16.8. The summed E-state index contributed by atoms with van der Waals surface area (Å²) in [6.45, 7) is 0.987. The van der Waals surface area contributed by atoms with Gasteiger partial charge in [-0.1, -0.05) is 0 Å². The van der Waals surface area contributed by atoms with Crippen molar-refractivity contribution >= 4 is 17.6 Å². The number of anilines is 1. The molecule has 3 rings (SSSR count). The first-order valence-corrected chi connectivity index (χ1v) is 7.93. The third-order valence-electron chi connectivity index (χ3n) is 3.96. The molecule has 0 saturated carbocycles. The molecule has 0 unspecified atom stereocenters. The number of amides is 2. The van der Waals surface area contributed by atoms with Gasteiger partial charge in [0, 0.05) is 33.3 Å². The Morgan fingerprint density at radius 3 is 2.76 bits per heavy atom. The second-order valence-corrected chi connectivity index (χ2v) is 6.03. The molecule has 0 radical (unpaired) electrons. The van der Waals surface area contributed by atoms with E-state index < -0.39 is 5.91 Å². The van der Waals surface area contributed by atoms with Gasteiger partial charge in [0.15, 0.2) is 23.1 Å². The molecule has 0 bridgehead atoms. The number of likely N-dealkylation sites (tertiary alicyclic amines) is 1. The third-order valence-corrected chi connectivity index (χ3v) is 3.96. The maximum atomic E-state index is 12.5. The summed E-state index contributed by atoms with van der Waals surface area (Å²) in [4.78, 5) is 31.4. The van der Waals surface area contributed by atoms with Gasteiger partial charge in [-0.05, 0) is 24.3 Å². The molecule has 1 aliphatic rings. The number of carbonyl (C=O) groups excluding carboxylic acids is 2. The van der Waals surface area contributed by atoms with Gasteiger partial charge in [0.2, 0.25) is 0 Å². The molecular formula is C17H20N4O4. The second kappa shape index (κ2) is 6.84. The predicted molar refractivity (Wildman–Crippen MR) is 90.7 cm³/mol. The van der Waals surface area contributed by atoms with E-state index >= 15 is 0 Å². The van der Waals surface area contributed by atoms with Crippen molar-refractivity contribution in [3.63, 3.8) is 0 Å². The van der Waals surface area contributed by atoms with Crippen LogP contribution < -0.4 is 15.4 Å². The monoisotopic (exact) mass is 344 g/mol. The molecule has 2 N–H and O–H groups in total. The average molecular weight is 344 g/mol. The van der Waals surface area contributed by atoms with Crippen molar-refractivity contribution in [1.29, 1.82) is 0 Å². The minimum Gasteiger partial charge on any atom is -0.485 e. The Hall–Kier alpha value is -3.03. The van der Waals surface area contributed by atoms with Crippen LogP contribution in [0.5, 0.6) is 5.75 Å². The molecule has 8 nitrogen and oxygen atoms in total. The largest absolute Gasteiger partial charge is 0.485 e. The summed E-state index contributed by atoms with van der Waals surface area (Å²) in [5, 5.41) is 0. The van der Waals surface area contributed by atoms with E-state index in [0.717, 1.165) is 5.82 Å². The zero-order valence-electron chi connectivity index (χ0n) is 14.1. The fourth-order valence-corrected chi connectivity index (χ4v) is 2.74. The summed E-state index contributed by atoms with van der Waals surface area (Å²) >= 11 is 0. The van der Waals surface area contributed by atoms with E-state index in [1.165, 1.54) is 12.1 Å². The number of hydrogen-bond acceptors (Lipinski definition) is 6. The fourth-order valence-electron chi connectivity index (χ4n) is 2.74. The van der Waals surface area contributed by atoms with Crippen LogP contribution in [0.3, 0.4) is 0 Å². The number of primary amides is 1. The third kappa shape index (κ3) is 3.57. The van der Waals surface area contributed by atoms with Crippen molar-refractivity contribution in [2.24, 2.45) is 5.73 Å². The molecule has 1 fully saturated rings. The molecule has 8 heteroatoms. The van der Waals surface area contributed by atoms with Crippen LogP contribution in [0.1, 0.15) is 27.5 Å². The number of pyridine rings is 1. The Morgan fingerprint density at radius 1 is 1.32 bits per heavy atom. The van der Waals surface area contributed by atoms with Crippen LogP contribution in [0.15, 0.2) is 34.9 Å². The van der Waals surface area contributed by atoms with E-state index in [0.29, 0.717) is 25.3 Å². The maximum Gasteiger partial charge on any atom is 0.289 e. The van der Waals surface area contributed by atoms with Crippen LogP contribution in [-0.4, -0.2) is 55.0 Å². The smallest absolute Gasteiger partial charge is 0.289 e. The van der Waals surface area contributed by atoms with Gasteiger partial charge in [-0.25, -0.2) is 4.98 Å². The van der Waals surface area contributed by atoms with Crippen LogP contribution in [-0.2, 0) is 0 Å². The van der Waals surface area contributed by atoms with Crippen LogP contribution in [0, 0.1) is 0 Å². The number of rotatable bonds is 5. The number of nitrogens with zero attached hydrogens (tertiary/aromatic N) is 3. The molecule has 0 aliphatic carbocycles. The summed E-state index contributed by atoms with van der Waals surface area (Å²) in [6, 6.07) is 6.54. The maximum absolute atomic E-state index is 12.5. The standard InChI is InChI=1S/C17H20N4O4/c1-20(2)16-13(4-3-8-19-16)24-11-7-9-21(10-11)17(23)14-6-5-12(25-14)15(18)22/h3-6,8,11H,7,9-10H2,1-2H3,(H2,18,22)/t11-/m0/s1. The Morgan fingerprint density at radius 2 is 2.08 bits per heavy atom. The van der Waals surface area contributed by atoms with Crippen molar-refractivity contribution in [2.45, 2.75) is 12.5 Å². The van der Waals surface area contributed by atoms with Crippen molar-refractivity contribution < 1.29 is 18.7 Å². The van der Waals surface area contributed by atoms with Gasteiger partial charge in [-0.15, -0.1) is 0 Å². The number of furan rings is 1. The molecule has 2 amide bonds. The average Bonchev–Trinajstić information content (AvgIpc) is 3.24. The lowest BCUT2D eigenvalue weighted by molar-refractivity contribution is 0.0738. The minimum absolute atomic E-state index is 0.0265. The van der Waals surface area contributed by atoms with E-state index in [-0.39, 0.29) is 23.5 Å². The molecule has 1 atom stereocenters. The van der Waals surface area contributed by atoms with E-state index in [9.17, 15) is 9.59 Å². The fraction of sp³-hybridized carbons (Fsp3) is 0.353. The van der Waals surface area contributed by atoms with Gasteiger partial charge in [0.1, 0.15) is 6.10 Å². The molecular weight excluding hydrogens is 324 g/mol. The van der Waals surface area contributed by atoms with E-state index in [2.05, 4.69) is 4.98 Å². The molecule has 2 aromatic heterocycles. The Labute approximate surface area is 145 Å². The first-order chi connectivity index (χ1) is 12.0. The van der Waals surface area contributed by atoms with E-state index in [4.69, 9.17) is 14.9 Å². The summed E-state index contributed by atoms with van der Waals surface area (Å²) in [5.74, 6) is 0.517. The number of aromatic nitrogens is 1. The van der Waals surface area contributed by atoms with Crippen LogP contribution in [0.4, 0.5) is 5.82 Å². The zero-order valence-corrected chi connectivity index (χ0v) is 14.1. The highest BCUT2D eigenvalue weighted by Gasteiger charge is 2.30. The highest BCUT2D eigenvalue weighted by molar-refractivity contribution is 5.95. The summed E-state index contributed by atoms with van der Waals surface area (Å²) in [6.07, 6.45) is 2.29. The van der Waals surface area contributed by atoms with Gasteiger partial charge in [0.25, 0.3) is 11.8 Å². The molecule has 0 aromatic carbocycles. The molecule has 25 heavy (non-hydrogen) atoms. The lowest BCUT2D eigenvalue weighted by Crippen LogP contribution is -2.31. The van der Waals surface area contributed by atoms with Gasteiger partial charge < -0.3 is 24.7 Å². The second-order valence-electron chi connectivity index (χ2n) is 6.03. The van der Waals surface area contributed by atoms with Crippen molar-refractivity contribution in [3.05, 3.63) is 42.0 Å². The Kier molecular flexibility index (Phi) is 4.60. The number of carbonyl (C=O) groups is 2. The lowest BCUT2D eigenvalue weighted by atomic mass is 10.3. The van der Waals surface area contributed by atoms with Crippen LogP contribution in [0.25, 0.3) is 0 Å². The van der Waals surface area contributed by atoms with Crippen LogP contribution >= 0.6 is 0 Å². The van der Waals surface area contributed by atoms with E-state index in [1.54, 1.807) is 11.1 Å². The highest BCUT2D eigenvalue weighted by Crippen LogP contribution is 2.27. The van der Waals surface area contributed by atoms with E-state index in [1.807, 2.05) is 31.1 Å². The first-order valence-electron chi connectivity index (χ1n) is 7.93. The summed E-state index contributed by atoms with van der Waals surface area (Å²) < 4.78 is 11.2. The molecule has 0 spiro atoms. The topological polar surface area (TPSA) is 102 Å². The van der Waals surface area contributed by atoms with Gasteiger partial charge in [-0.2, -0.15) is 0 Å². The quantitative estimate of drug-likeness (QED) is 0.872. The minimum atomic E-state index is -0.700. The Bertz CT molecular complexity index is 786. The Balaban J connectivity index is 1.65. The number of nitrogens with two attached hydrogens (primary N) is 1. The molecule has 1 aliphatic heterocycles. The lowest BCUT2D eigenvalue weighted by Gasteiger charge is -2.20. The van der Waals surface area contributed by atoms with Gasteiger partial charge in [0.05, 0.1) is 6.54 Å². The normalized spacial score (nSPS) is 16.7. The molecule has 2 aromatic rings. The van der Waals surface area contributed by atoms with Gasteiger partial charge >= 0.3 is 0 Å². The SMILES string of the molecule is CN(C)c1ncccc1O[C@H]1CCN(C(=O)c2ccc(C(N)=O)o2)C1. The summed E-state index contributed by atoms with van der Waals surface area (Å²) in [5.41, 5.74) is 5.14. The summed E-state index contributed by atoms with van der Waals surface area (Å²) in [7, 11) is 3.79. The van der Waals surface area contributed by atoms with Crippen molar-refractivity contribution in [2.75, 3.05) is 32.1 Å². The molecule has 132 valence electrons. The van der Waals surface area contributed by atoms with Crippen LogP contribution in [0.2, 0.25) is 0 Å². The van der Waals surface area contributed by atoms with Crippen molar-refractivity contribution in [3.8, 4) is 5.75 Å². The van der Waals surface area contributed by atoms with Gasteiger partial charge in [-0.3, -0.25) is 9.59 Å². The van der Waals surface area contributed by atoms with Crippen molar-refractivity contribution in [1.82, 2.24) is 9.88 Å². The molecule has 1 saturated heterocycles. The molecule has 3 heterocycles. The number of ether oxygens (including phenoxy) is 1. The zero-order chi connectivity index (χ0) is 18.0. The highest BCUT2D eigenvalue weighted by atomic mass is 16.5. The number of hydrogen-bond donors (Lipinski definition) is 1.